The lowest BCUT2D eigenvalue weighted by molar-refractivity contribution is -0.274. The highest BCUT2D eigenvalue weighted by molar-refractivity contribution is 5.85. The number of fused-ring (bicyclic) bond motifs is 1. The zero-order valence-electron chi connectivity index (χ0n) is 18.8. The molecule has 5 nitrogen and oxygen atoms in total. The second kappa shape index (κ2) is 8.84. The lowest BCUT2D eigenvalue weighted by Gasteiger charge is -2.34. The quantitative estimate of drug-likeness (QED) is 0.265. The zero-order valence-corrected chi connectivity index (χ0v) is 18.8. The standard InChI is InChI=1S/C25H25F3O5/c1-6-22(29)33-24(4,5)15-23(2,3)31-17-12-11-16-13-21(30-20(16)14-17)18-9-7-8-10-19(18)32-25(26,27)28/h6-14H,1,15H2,2-5H3. The normalized spacial score (nSPS) is 12.5. The average molecular weight is 462 g/mol. The number of furan rings is 1. The van der Waals surface area contributed by atoms with E-state index in [4.69, 9.17) is 13.9 Å². The van der Waals surface area contributed by atoms with E-state index in [2.05, 4.69) is 11.3 Å². The monoisotopic (exact) mass is 462 g/mol. The van der Waals surface area contributed by atoms with Crippen molar-refractivity contribution in [1.29, 1.82) is 0 Å². The van der Waals surface area contributed by atoms with Crippen LogP contribution in [-0.4, -0.2) is 23.5 Å². The van der Waals surface area contributed by atoms with E-state index in [1.165, 1.54) is 18.2 Å². The Morgan fingerprint density at radius 3 is 2.36 bits per heavy atom. The fraction of sp³-hybridized carbons (Fsp3) is 0.320. The molecule has 0 radical (unpaired) electrons. The van der Waals surface area contributed by atoms with Gasteiger partial charge in [-0.25, -0.2) is 4.79 Å². The van der Waals surface area contributed by atoms with Gasteiger partial charge in [0.15, 0.2) is 0 Å². The second-order valence-electron chi connectivity index (χ2n) is 8.78. The molecule has 0 saturated carbocycles. The molecule has 176 valence electrons. The first-order valence-electron chi connectivity index (χ1n) is 10.2. The van der Waals surface area contributed by atoms with Crippen LogP contribution in [0, 0.1) is 0 Å². The van der Waals surface area contributed by atoms with Crippen LogP contribution in [0.4, 0.5) is 13.2 Å². The van der Waals surface area contributed by atoms with Crippen LogP contribution in [0.5, 0.6) is 11.5 Å². The Balaban J connectivity index is 1.84. The van der Waals surface area contributed by atoms with E-state index in [1.54, 1.807) is 44.2 Å². The van der Waals surface area contributed by atoms with E-state index >= 15 is 0 Å². The topological polar surface area (TPSA) is 57.9 Å². The van der Waals surface area contributed by atoms with Gasteiger partial charge in [-0.3, -0.25) is 0 Å². The summed E-state index contributed by atoms with van der Waals surface area (Å²) in [7, 11) is 0. The number of hydrogen-bond acceptors (Lipinski definition) is 5. The molecule has 0 amide bonds. The van der Waals surface area contributed by atoms with E-state index in [9.17, 15) is 18.0 Å². The fourth-order valence-electron chi connectivity index (χ4n) is 3.82. The van der Waals surface area contributed by atoms with Gasteiger partial charge in [-0.1, -0.05) is 18.7 Å². The highest BCUT2D eigenvalue weighted by Crippen LogP contribution is 2.38. The molecule has 3 rings (SSSR count). The van der Waals surface area contributed by atoms with Crippen molar-refractivity contribution in [3.63, 3.8) is 0 Å². The number of benzene rings is 2. The molecule has 0 spiro atoms. The number of carbonyl (C=O) groups is 1. The predicted octanol–water partition coefficient (Wildman–Crippen LogP) is 7.05. The van der Waals surface area contributed by atoms with Gasteiger partial charge in [0.25, 0.3) is 0 Å². The molecule has 0 atom stereocenters. The second-order valence-corrected chi connectivity index (χ2v) is 8.78. The van der Waals surface area contributed by atoms with Crippen LogP contribution in [0.1, 0.15) is 34.1 Å². The SMILES string of the molecule is C=CC(=O)OC(C)(C)CC(C)(C)Oc1ccc2cc(-c3ccccc3OC(F)(F)F)oc2c1. The largest absolute Gasteiger partial charge is 0.573 e. The predicted molar refractivity (Wildman–Crippen MR) is 118 cm³/mol. The van der Waals surface area contributed by atoms with Crippen molar-refractivity contribution in [3.8, 4) is 22.8 Å². The van der Waals surface area contributed by atoms with Crippen molar-refractivity contribution in [3.05, 3.63) is 61.2 Å². The maximum Gasteiger partial charge on any atom is 0.573 e. The number of hydrogen-bond donors (Lipinski definition) is 0. The lowest BCUT2D eigenvalue weighted by atomic mass is 9.92. The van der Waals surface area contributed by atoms with E-state index < -0.39 is 23.5 Å². The summed E-state index contributed by atoms with van der Waals surface area (Å²) in [5, 5.41) is 0.692. The summed E-state index contributed by atoms with van der Waals surface area (Å²) in [4.78, 5) is 11.6. The third-order valence-electron chi connectivity index (χ3n) is 4.66. The molecule has 1 aromatic heterocycles. The minimum absolute atomic E-state index is 0.180. The maximum absolute atomic E-state index is 12.8. The molecular weight excluding hydrogens is 437 g/mol. The molecular formula is C25H25F3O5. The van der Waals surface area contributed by atoms with Crippen molar-refractivity contribution >= 4 is 16.9 Å². The lowest BCUT2D eigenvalue weighted by Crippen LogP contribution is -2.40. The van der Waals surface area contributed by atoms with Crippen LogP contribution >= 0.6 is 0 Å². The number of para-hydroxylation sites is 1. The summed E-state index contributed by atoms with van der Waals surface area (Å²) in [5.74, 6) is -0.133. The van der Waals surface area contributed by atoms with Crippen LogP contribution in [0.2, 0.25) is 0 Å². The summed E-state index contributed by atoms with van der Waals surface area (Å²) in [6.45, 7) is 10.7. The van der Waals surface area contributed by atoms with Gasteiger partial charge in [-0.05, 0) is 58.0 Å². The molecule has 0 aliphatic rings. The Labute approximate surface area is 189 Å². The minimum Gasteiger partial charge on any atom is -0.488 e. The van der Waals surface area contributed by atoms with Crippen molar-refractivity contribution in [2.24, 2.45) is 0 Å². The van der Waals surface area contributed by atoms with Crippen molar-refractivity contribution in [2.45, 2.75) is 51.7 Å². The van der Waals surface area contributed by atoms with E-state index in [-0.39, 0.29) is 17.1 Å². The van der Waals surface area contributed by atoms with Gasteiger partial charge in [0, 0.05) is 23.9 Å². The number of halogens is 3. The molecule has 0 N–H and O–H groups in total. The van der Waals surface area contributed by atoms with Crippen LogP contribution < -0.4 is 9.47 Å². The van der Waals surface area contributed by atoms with Crippen LogP contribution in [0.25, 0.3) is 22.3 Å². The third-order valence-corrected chi connectivity index (χ3v) is 4.66. The van der Waals surface area contributed by atoms with Gasteiger partial charge in [0.1, 0.15) is 34.0 Å². The van der Waals surface area contributed by atoms with Crippen molar-refractivity contribution in [2.75, 3.05) is 0 Å². The maximum atomic E-state index is 12.8. The van der Waals surface area contributed by atoms with Gasteiger partial charge < -0.3 is 18.6 Å². The average Bonchev–Trinajstić information content (AvgIpc) is 3.08. The molecule has 0 fully saturated rings. The smallest absolute Gasteiger partial charge is 0.488 e. The number of carbonyl (C=O) groups excluding carboxylic acids is 1. The van der Waals surface area contributed by atoms with E-state index in [0.29, 0.717) is 23.1 Å². The summed E-state index contributed by atoms with van der Waals surface area (Å²) in [6, 6.07) is 12.6. The molecule has 33 heavy (non-hydrogen) atoms. The third kappa shape index (κ3) is 6.54. The van der Waals surface area contributed by atoms with Crippen LogP contribution in [-0.2, 0) is 9.53 Å². The molecule has 8 heteroatoms. The summed E-state index contributed by atoms with van der Waals surface area (Å²) < 4.78 is 59.7. The number of ether oxygens (including phenoxy) is 3. The number of alkyl halides is 3. The van der Waals surface area contributed by atoms with Gasteiger partial charge in [-0.15, -0.1) is 13.2 Å². The summed E-state index contributed by atoms with van der Waals surface area (Å²) in [5.41, 5.74) is -0.878. The molecule has 0 saturated heterocycles. The summed E-state index contributed by atoms with van der Waals surface area (Å²) in [6.07, 6.45) is -3.32. The van der Waals surface area contributed by atoms with E-state index in [0.717, 1.165) is 6.08 Å². The van der Waals surface area contributed by atoms with Gasteiger partial charge in [0.05, 0.1) is 5.56 Å². The Morgan fingerprint density at radius 1 is 1.00 bits per heavy atom. The van der Waals surface area contributed by atoms with Gasteiger partial charge in [-0.2, -0.15) is 0 Å². The Kier molecular flexibility index (Phi) is 6.49. The van der Waals surface area contributed by atoms with Crippen LogP contribution in [0.15, 0.2) is 65.6 Å². The first-order chi connectivity index (χ1) is 15.3. The molecule has 1 heterocycles. The molecule has 3 aromatic rings. The fourth-order valence-corrected chi connectivity index (χ4v) is 3.82. The molecule has 2 aromatic carbocycles. The minimum atomic E-state index is -4.82. The first-order valence-corrected chi connectivity index (χ1v) is 10.2. The number of esters is 1. The molecule has 0 aliphatic heterocycles. The Hall–Kier alpha value is -3.42. The first kappa shape index (κ1) is 24.2. The highest BCUT2D eigenvalue weighted by atomic mass is 19.4. The Morgan fingerprint density at radius 2 is 1.70 bits per heavy atom. The molecule has 0 bridgehead atoms. The number of rotatable bonds is 8. The summed E-state index contributed by atoms with van der Waals surface area (Å²) >= 11 is 0. The Bertz CT molecular complexity index is 1160. The molecule has 0 unspecified atom stereocenters. The highest BCUT2D eigenvalue weighted by Gasteiger charge is 2.34. The van der Waals surface area contributed by atoms with Gasteiger partial charge in [0.2, 0.25) is 0 Å². The molecule has 0 aliphatic carbocycles. The van der Waals surface area contributed by atoms with Crippen molar-refractivity contribution in [1.82, 2.24) is 0 Å². The van der Waals surface area contributed by atoms with E-state index in [1.807, 2.05) is 13.8 Å². The van der Waals surface area contributed by atoms with Crippen LogP contribution in [0.3, 0.4) is 0 Å². The van der Waals surface area contributed by atoms with Gasteiger partial charge >= 0.3 is 12.3 Å². The zero-order chi connectivity index (χ0) is 24.4. The van der Waals surface area contributed by atoms with Crippen molar-refractivity contribution < 1.29 is 36.6 Å².